The van der Waals surface area contributed by atoms with Gasteiger partial charge >= 0.3 is 0 Å². The molecule has 1 amide bonds. The van der Waals surface area contributed by atoms with Crippen molar-refractivity contribution >= 4 is 34.1 Å². The molecule has 0 radical (unpaired) electrons. The molecule has 18 heavy (non-hydrogen) atoms. The van der Waals surface area contributed by atoms with Gasteiger partial charge in [0, 0.05) is 30.1 Å². The summed E-state index contributed by atoms with van der Waals surface area (Å²) in [6.45, 7) is 5.60. The Balaban J connectivity index is 1.90. The van der Waals surface area contributed by atoms with Gasteiger partial charge in [-0.15, -0.1) is 29.7 Å². The van der Waals surface area contributed by atoms with Crippen molar-refractivity contribution in [3.63, 3.8) is 0 Å². The predicted octanol–water partition coefficient (Wildman–Crippen LogP) is 1.99. The third-order valence-corrected chi connectivity index (χ3v) is 4.57. The van der Waals surface area contributed by atoms with E-state index in [1.54, 1.807) is 29.2 Å². The third kappa shape index (κ3) is 3.57. The molecule has 98 valence electrons. The SMILES string of the molecule is C=CCSCC(=O)Nc1nc2c(s1)CN(C)CC2. The molecule has 4 nitrogen and oxygen atoms in total. The number of hydrogen-bond acceptors (Lipinski definition) is 5. The topological polar surface area (TPSA) is 45.2 Å². The van der Waals surface area contributed by atoms with Crippen molar-refractivity contribution in [3.05, 3.63) is 23.2 Å². The minimum absolute atomic E-state index is 0.0151. The number of carbonyl (C=O) groups is 1. The van der Waals surface area contributed by atoms with Crippen molar-refractivity contribution in [3.8, 4) is 0 Å². The molecule has 0 aliphatic carbocycles. The molecule has 1 aliphatic rings. The second-order valence-electron chi connectivity index (χ2n) is 4.23. The lowest BCUT2D eigenvalue weighted by molar-refractivity contribution is -0.113. The predicted molar refractivity (Wildman–Crippen MR) is 78.3 cm³/mol. The maximum Gasteiger partial charge on any atom is 0.236 e. The Hall–Kier alpha value is -0.850. The van der Waals surface area contributed by atoms with Crippen LogP contribution in [0.4, 0.5) is 5.13 Å². The Bertz CT molecular complexity index is 445. The Kier molecular flexibility index (Phi) is 4.79. The van der Waals surface area contributed by atoms with Crippen LogP contribution in [0.1, 0.15) is 10.6 Å². The number of carbonyl (C=O) groups excluding carboxylic acids is 1. The Morgan fingerprint density at radius 3 is 3.33 bits per heavy atom. The van der Waals surface area contributed by atoms with Gasteiger partial charge in [-0.05, 0) is 7.05 Å². The van der Waals surface area contributed by atoms with E-state index < -0.39 is 0 Å². The van der Waals surface area contributed by atoms with Gasteiger partial charge < -0.3 is 10.2 Å². The quantitative estimate of drug-likeness (QED) is 0.663. The fourth-order valence-corrected chi connectivity index (χ4v) is 3.41. The zero-order valence-corrected chi connectivity index (χ0v) is 12.1. The van der Waals surface area contributed by atoms with E-state index in [2.05, 4.69) is 28.8 Å². The summed E-state index contributed by atoms with van der Waals surface area (Å²) < 4.78 is 0. The largest absolute Gasteiger partial charge is 0.301 e. The molecular weight excluding hydrogens is 266 g/mol. The number of amides is 1. The summed E-state index contributed by atoms with van der Waals surface area (Å²) >= 11 is 3.15. The van der Waals surface area contributed by atoms with Crippen molar-refractivity contribution in [1.82, 2.24) is 9.88 Å². The van der Waals surface area contributed by atoms with Crippen molar-refractivity contribution in [2.45, 2.75) is 13.0 Å². The highest BCUT2D eigenvalue weighted by Gasteiger charge is 2.18. The first-order valence-corrected chi connectivity index (χ1v) is 7.81. The van der Waals surface area contributed by atoms with Crippen LogP contribution in [0.5, 0.6) is 0 Å². The monoisotopic (exact) mass is 283 g/mol. The van der Waals surface area contributed by atoms with Crippen LogP contribution >= 0.6 is 23.1 Å². The molecule has 0 unspecified atom stereocenters. The molecule has 2 heterocycles. The minimum atomic E-state index is 0.0151. The number of rotatable bonds is 5. The minimum Gasteiger partial charge on any atom is -0.301 e. The van der Waals surface area contributed by atoms with Crippen LogP contribution < -0.4 is 5.32 Å². The number of thiazole rings is 1. The highest BCUT2D eigenvalue weighted by atomic mass is 32.2. The Morgan fingerprint density at radius 2 is 2.56 bits per heavy atom. The second kappa shape index (κ2) is 6.36. The van der Waals surface area contributed by atoms with Crippen LogP contribution in [0.2, 0.25) is 0 Å². The van der Waals surface area contributed by atoms with E-state index in [4.69, 9.17) is 0 Å². The van der Waals surface area contributed by atoms with Gasteiger partial charge in [-0.3, -0.25) is 4.79 Å². The Labute approximate surface area is 115 Å². The van der Waals surface area contributed by atoms with E-state index >= 15 is 0 Å². The molecule has 0 fully saturated rings. The highest BCUT2D eigenvalue weighted by molar-refractivity contribution is 8.00. The zero-order valence-electron chi connectivity index (χ0n) is 10.4. The number of aromatic nitrogens is 1. The molecule has 0 spiro atoms. The number of nitrogens with zero attached hydrogens (tertiary/aromatic N) is 2. The van der Waals surface area contributed by atoms with Crippen molar-refractivity contribution in [2.24, 2.45) is 0 Å². The first-order valence-electron chi connectivity index (χ1n) is 5.84. The van der Waals surface area contributed by atoms with Crippen molar-refractivity contribution < 1.29 is 4.79 Å². The lowest BCUT2D eigenvalue weighted by Crippen LogP contribution is -2.25. The molecular formula is C12H17N3OS2. The average molecular weight is 283 g/mol. The molecule has 0 saturated carbocycles. The van der Waals surface area contributed by atoms with Gasteiger partial charge in [0.15, 0.2) is 5.13 Å². The summed E-state index contributed by atoms with van der Waals surface area (Å²) in [5, 5.41) is 3.60. The number of anilines is 1. The van der Waals surface area contributed by atoms with Crippen LogP contribution in [0, 0.1) is 0 Å². The maximum absolute atomic E-state index is 11.7. The van der Waals surface area contributed by atoms with Crippen molar-refractivity contribution in [1.29, 1.82) is 0 Å². The van der Waals surface area contributed by atoms with E-state index in [1.807, 2.05) is 0 Å². The molecule has 6 heteroatoms. The van der Waals surface area contributed by atoms with Gasteiger partial charge in [-0.2, -0.15) is 0 Å². The highest BCUT2D eigenvalue weighted by Crippen LogP contribution is 2.27. The molecule has 2 rings (SSSR count). The Morgan fingerprint density at radius 1 is 1.72 bits per heavy atom. The summed E-state index contributed by atoms with van der Waals surface area (Å²) in [6, 6.07) is 0. The number of nitrogens with one attached hydrogen (secondary N) is 1. The summed E-state index contributed by atoms with van der Waals surface area (Å²) in [6.07, 6.45) is 2.78. The summed E-state index contributed by atoms with van der Waals surface area (Å²) in [7, 11) is 2.10. The summed E-state index contributed by atoms with van der Waals surface area (Å²) in [5.41, 5.74) is 1.15. The molecule has 1 N–H and O–H groups in total. The summed E-state index contributed by atoms with van der Waals surface area (Å²) in [5.74, 6) is 1.27. The van der Waals surface area contributed by atoms with Crippen molar-refractivity contribution in [2.75, 3.05) is 30.4 Å². The van der Waals surface area contributed by atoms with E-state index in [0.29, 0.717) is 5.75 Å². The average Bonchev–Trinajstić information content (AvgIpc) is 2.70. The number of hydrogen-bond donors (Lipinski definition) is 1. The molecule has 1 aromatic rings. The molecule has 1 aromatic heterocycles. The normalized spacial score (nSPS) is 15.2. The van der Waals surface area contributed by atoms with E-state index in [9.17, 15) is 4.79 Å². The lowest BCUT2D eigenvalue weighted by Gasteiger charge is -2.20. The van der Waals surface area contributed by atoms with Gasteiger partial charge in [0.1, 0.15) is 0 Å². The van der Waals surface area contributed by atoms with Crippen LogP contribution in [0.15, 0.2) is 12.7 Å². The smallest absolute Gasteiger partial charge is 0.236 e. The maximum atomic E-state index is 11.7. The second-order valence-corrected chi connectivity index (χ2v) is 6.34. The number of likely N-dealkylation sites (N-methyl/N-ethyl adjacent to an activating group) is 1. The van der Waals surface area contributed by atoms with Gasteiger partial charge in [-0.25, -0.2) is 4.98 Å². The van der Waals surface area contributed by atoms with E-state index in [-0.39, 0.29) is 5.91 Å². The van der Waals surface area contributed by atoms with Gasteiger partial charge in [0.05, 0.1) is 11.4 Å². The first kappa shape index (κ1) is 13.6. The molecule has 1 aliphatic heterocycles. The van der Waals surface area contributed by atoms with E-state index in [0.717, 1.165) is 36.1 Å². The van der Waals surface area contributed by atoms with Crippen LogP contribution in [-0.4, -0.2) is 40.9 Å². The molecule has 0 aromatic carbocycles. The lowest BCUT2D eigenvalue weighted by atomic mass is 10.2. The fourth-order valence-electron chi connectivity index (χ4n) is 1.77. The summed E-state index contributed by atoms with van der Waals surface area (Å²) in [4.78, 5) is 19.7. The number of thioether (sulfide) groups is 1. The molecule has 0 atom stereocenters. The number of fused-ring (bicyclic) bond motifs is 1. The first-order chi connectivity index (χ1) is 8.69. The zero-order chi connectivity index (χ0) is 13.0. The van der Waals surface area contributed by atoms with Gasteiger partial charge in [0.25, 0.3) is 0 Å². The van der Waals surface area contributed by atoms with Crippen LogP contribution in [-0.2, 0) is 17.8 Å². The fraction of sp³-hybridized carbons (Fsp3) is 0.500. The van der Waals surface area contributed by atoms with Crippen LogP contribution in [0.25, 0.3) is 0 Å². The molecule has 0 bridgehead atoms. The standard InChI is InChI=1S/C12H17N3OS2/c1-3-6-17-8-11(16)14-12-13-9-4-5-15(2)7-10(9)18-12/h3H,1,4-8H2,2H3,(H,13,14,16). The van der Waals surface area contributed by atoms with Gasteiger partial charge in [-0.1, -0.05) is 6.08 Å². The van der Waals surface area contributed by atoms with Gasteiger partial charge in [0.2, 0.25) is 5.91 Å². The van der Waals surface area contributed by atoms with E-state index in [1.165, 1.54) is 4.88 Å². The molecule has 0 saturated heterocycles. The van der Waals surface area contributed by atoms with Crippen LogP contribution in [0.3, 0.4) is 0 Å². The third-order valence-electron chi connectivity index (χ3n) is 2.64.